The fraction of sp³-hybridized carbons (Fsp3) is 0.857. The summed E-state index contributed by atoms with van der Waals surface area (Å²) in [5, 5.41) is 29.7. The zero-order valence-electron chi connectivity index (χ0n) is 6.83. The minimum Gasteiger partial charge on any atom is -0.394 e. The summed E-state index contributed by atoms with van der Waals surface area (Å²) in [4.78, 5) is 3.63. The van der Waals surface area contributed by atoms with Crippen molar-refractivity contribution in [1.82, 2.24) is 0 Å². The highest BCUT2D eigenvalue weighted by Crippen LogP contribution is 2.17. The Labute approximate surface area is 80.7 Å². The first kappa shape index (κ1) is 10.7. The first-order chi connectivity index (χ1) is 6.20. The molecule has 0 radical (unpaired) electrons. The van der Waals surface area contributed by atoms with Gasteiger partial charge in [0.1, 0.15) is 24.4 Å². The van der Waals surface area contributed by atoms with Gasteiger partial charge >= 0.3 is 0 Å². The Morgan fingerprint density at radius 1 is 1.46 bits per heavy atom. The average molecular weight is 205 g/mol. The summed E-state index contributed by atoms with van der Waals surface area (Å²) in [6.45, 7) is -0.195. The number of nitrogens with zero attached hydrogens (tertiary/aromatic N) is 1. The monoisotopic (exact) mass is 205 g/mol. The van der Waals surface area contributed by atoms with Crippen LogP contribution in [0.15, 0.2) is 4.99 Å². The van der Waals surface area contributed by atoms with E-state index in [-0.39, 0.29) is 13.2 Å². The third-order valence-corrected chi connectivity index (χ3v) is 2.11. The Balaban J connectivity index is 2.63. The van der Waals surface area contributed by atoms with E-state index >= 15 is 0 Å². The van der Waals surface area contributed by atoms with Crippen LogP contribution in [0.3, 0.4) is 0 Å². The molecule has 0 aliphatic carbocycles. The van der Waals surface area contributed by atoms with Crippen LogP contribution in [0.4, 0.5) is 0 Å². The normalized spacial score (nSPS) is 39.6. The van der Waals surface area contributed by atoms with E-state index in [9.17, 15) is 10.2 Å². The third-order valence-electron chi connectivity index (χ3n) is 2.00. The number of thiocarbonyl (C=S) groups is 1. The number of aliphatic hydroxyl groups excluding tert-OH is 3. The summed E-state index contributed by atoms with van der Waals surface area (Å²) >= 11 is 4.37. The van der Waals surface area contributed by atoms with Crippen molar-refractivity contribution in [2.75, 3.05) is 13.2 Å². The van der Waals surface area contributed by atoms with Crippen molar-refractivity contribution in [3.8, 4) is 0 Å². The van der Waals surface area contributed by atoms with Crippen LogP contribution in [0.1, 0.15) is 0 Å². The van der Waals surface area contributed by atoms with Crippen molar-refractivity contribution in [2.45, 2.75) is 24.4 Å². The lowest BCUT2D eigenvalue weighted by atomic mass is 9.99. The zero-order valence-corrected chi connectivity index (χ0v) is 7.65. The van der Waals surface area contributed by atoms with Crippen LogP contribution in [0.5, 0.6) is 0 Å². The largest absolute Gasteiger partial charge is 0.394 e. The molecule has 0 saturated carbocycles. The molecule has 0 aromatic carbocycles. The van der Waals surface area contributed by atoms with Crippen molar-refractivity contribution in [3.63, 3.8) is 0 Å². The van der Waals surface area contributed by atoms with Gasteiger partial charge in [0.05, 0.1) is 18.4 Å². The highest BCUT2D eigenvalue weighted by molar-refractivity contribution is 7.78. The molecule has 0 aromatic rings. The van der Waals surface area contributed by atoms with Crippen LogP contribution >= 0.6 is 12.2 Å². The molecule has 1 fully saturated rings. The van der Waals surface area contributed by atoms with Gasteiger partial charge in [-0.1, -0.05) is 0 Å². The van der Waals surface area contributed by atoms with E-state index in [1.165, 1.54) is 0 Å². The van der Waals surface area contributed by atoms with E-state index in [0.29, 0.717) is 0 Å². The predicted molar refractivity (Wildman–Crippen MR) is 47.7 cm³/mol. The van der Waals surface area contributed by atoms with Gasteiger partial charge in [-0.25, -0.2) is 4.99 Å². The number of isothiocyanates is 1. The van der Waals surface area contributed by atoms with Crippen LogP contribution in [-0.2, 0) is 4.74 Å². The van der Waals surface area contributed by atoms with Gasteiger partial charge in [-0.05, 0) is 12.2 Å². The van der Waals surface area contributed by atoms with Gasteiger partial charge in [0, 0.05) is 0 Å². The molecule has 4 atom stereocenters. The minimum absolute atomic E-state index is 0.132. The summed E-state index contributed by atoms with van der Waals surface area (Å²) in [7, 11) is 0. The Morgan fingerprint density at radius 2 is 2.15 bits per heavy atom. The molecule has 0 bridgehead atoms. The number of aliphatic imine (C=N–C) groups is 1. The van der Waals surface area contributed by atoms with Crippen molar-refractivity contribution in [2.24, 2.45) is 4.99 Å². The summed E-state index contributed by atoms with van der Waals surface area (Å²) in [5.74, 6) is 0. The van der Waals surface area contributed by atoms with E-state index in [2.05, 4.69) is 22.4 Å². The van der Waals surface area contributed by atoms with E-state index in [1.807, 2.05) is 0 Å². The van der Waals surface area contributed by atoms with Crippen LogP contribution < -0.4 is 0 Å². The van der Waals surface area contributed by atoms with Gasteiger partial charge in [-0.3, -0.25) is 0 Å². The fourth-order valence-corrected chi connectivity index (χ4v) is 1.34. The summed E-state index contributed by atoms with van der Waals surface area (Å²) in [6, 6.07) is -0.588. The van der Waals surface area contributed by atoms with Crippen LogP contribution in [0, 0.1) is 0 Å². The molecule has 0 aromatic heterocycles. The maximum absolute atomic E-state index is 9.45. The van der Waals surface area contributed by atoms with E-state index in [1.54, 1.807) is 0 Å². The molecule has 74 valence electrons. The van der Waals surface area contributed by atoms with Gasteiger partial charge in [0.2, 0.25) is 0 Å². The molecule has 0 unspecified atom stereocenters. The second kappa shape index (κ2) is 4.76. The predicted octanol–water partition coefficient (Wildman–Crippen LogP) is -1.43. The second-order valence-electron chi connectivity index (χ2n) is 2.82. The molecule has 13 heavy (non-hydrogen) atoms. The Kier molecular flexibility index (Phi) is 3.92. The zero-order chi connectivity index (χ0) is 9.84. The molecule has 6 heteroatoms. The van der Waals surface area contributed by atoms with Crippen molar-refractivity contribution >= 4 is 17.4 Å². The molecule has 1 aliphatic heterocycles. The standard InChI is InChI=1S/C7H11NO4S/c9-1-5-7(11)6(10)4(2-12-5)8-3-13/h4-7,9-11H,1-2H2/t4-,5+,6+,7-/m0/s1. The SMILES string of the molecule is OC[C@H]1OC[C@H](N=C=S)[C@@H](O)[C@H]1O. The lowest BCUT2D eigenvalue weighted by molar-refractivity contribution is -0.155. The van der Waals surface area contributed by atoms with E-state index in [0.717, 1.165) is 0 Å². The van der Waals surface area contributed by atoms with Gasteiger partial charge < -0.3 is 20.1 Å². The molecule has 1 saturated heterocycles. The smallest absolute Gasteiger partial charge is 0.112 e. The van der Waals surface area contributed by atoms with Gasteiger partial charge in [0.15, 0.2) is 0 Å². The highest BCUT2D eigenvalue weighted by Gasteiger charge is 2.37. The molecule has 1 rings (SSSR count). The molecular formula is C7H11NO4S. The Hall–Kier alpha value is -0.360. The summed E-state index contributed by atoms with van der Waals surface area (Å²) in [5.41, 5.74) is 0. The quantitative estimate of drug-likeness (QED) is 0.380. The van der Waals surface area contributed by atoms with Crippen LogP contribution in [-0.4, -0.2) is 58.0 Å². The average Bonchev–Trinajstić information content (AvgIpc) is 2.14. The van der Waals surface area contributed by atoms with Gasteiger partial charge in [0.25, 0.3) is 0 Å². The maximum atomic E-state index is 9.45. The minimum atomic E-state index is -1.13. The molecule has 1 heterocycles. The van der Waals surface area contributed by atoms with Crippen molar-refractivity contribution < 1.29 is 20.1 Å². The first-order valence-electron chi connectivity index (χ1n) is 3.86. The highest BCUT2D eigenvalue weighted by atomic mass is 32.1. The van der Waals surface area contributed by atoms with Crippen LogP contribution in [0.25, 0.3) is 0 Å². The molecule has 1 aliphatic rings. The number of ether oxygens (including phenoxy) is 1. The summed E-state index contributed by atoms with van der Waals surface area (Å²) in [6.07, 6.45) is -2.93. The van der Waals surface area contributed by atoms with Gasteiger partial charge in [-0.2, -0.15) is 0 Å². The Morgan fingerprint density at radius 3 is 2.69 bits per heavy atom. The lowest BCUT2D eigenvalue weighted by Gasteiger charge is -2.34. The number of hydrogen-bond acceptors (Lipinski definition) is 6. The van der Waals surface area contributed by atoms with Crippen molar-refractivity contribution in [1.29, 1.82) is 0 Å². The second-order valence-corrected chi connectivity index (χ2v) is 3.01. The molecule has 0 amide bonds. The number of aliphatic hydroxyl groups is 3. The number of hydrogen-bond donors (Lipinski definition) is 3. The molecule has 3 N–H and O–H groups in total. The third kappa shape index (κ3) is 2.31. The molecule has 0 spiro atoms. The van der Waals surface area contributed by atoms with Crippen LogP contribution in [0.2, 0.25) is 0 Å². The molecular weight excluding hydrogens is 194 g/mol. The van der Waals surface area contributed by atoms with E-state index in [4.69, 9.17) is 9.84 Å². The van der Waals surface area contributed by atoms with E-state index < -0.39 is 24.4 Å². The van der Waals surface area contributed by atoms with Crippen molar-refractivity contribution in [3.05, 3.63) is 0 Å². The Bertz CT molecular complexity index is 219. The maximum Gasteiger partial charge on any atom is 0.112 e. The lowest BCUT2D eigenvalue weighted by Crippen LogP contribution is -2.53. The van der Waals surface area contributed by atoms with Gasteiger partial charge in [-0.15, -0.1) is 0 Å². The molecule has 5 nitrogen and oxygen atoms in total. The topological polar surface area (TPSA) is 82.3 Å². The number of rotatable bonds is 2. The summed E-state index contributed by atoms with van der Waals surface area (Å²) < 4.78 is 5.03. The fourth-order valence-electron chi connectivity index (χ4n) is 1.21. The first-order valence-corrected chi connectivity index (χ1v) is 4.27.